The van der Waals surface area contributed by atoms with Crippen LogP contribution >= 0.6 is 0 Å². The molecule has 0 amide bonds. The second kappa shape index (κ2) is 3.91. The Balaban J connectivity index is 1.75. The van der Waals surface area contributed by atoms with Crippen LogP contribution in [0.2, 0.25) is 0 Å². The van der Waals surface area contributed by atoms with Gasteiger partial charge in [0.25, 0.3) is 0 Å². The van der Waals surface area contributed by atoms with E-state index in [0.29, 0.717) is 6.04 Å². The predicted molar refractivity (Wildman–Crippen MR) is 63.8 cm³/mol. The van der Waals surface area contributed by atoms with Gasteiger partial charge in [-0.2, -0.15) is 0 Å². The average Bonchev–Trinajstić information content (AvgIpc) is 2.81. The Kier molecular flexibility index (Phi) is 2.40. The number of benzene rings is 1. The quantitative estimate of drug-likeness (QED) is 0.808. The number of rotatable bonds is 2. The zero-order chi connectivity index (χ0) is 11.0. The van der Waals surface area contributed by atoms with E-state index in [0.717, 1.165) is 25.4 Å². The normalized spacial score (nSPS) is 27.4. The van der Waals surface area contributed by atoms with E-state index in [2.05, 4.69) is 41.5 Å². The summed E-state index contributed by atoms with van der Waals surface area (Å²) in [6.45, 7) is 4.03. The van der Waals surface area contributed by atoms with Crippen molar-refractivity contribution in [1.29, 1.82) is 0 Å². The van der Waals surface area contributed by atoms with Gasteiger partial charge in [0.1, 0.15) is 12.1 Å². The van der Waals surface area contributed by atoms with Crippen LogP contribution in [0.15, 0.2) is 29.3 Å². The zero-order valence-electron chi connectivity index (χ0n) is 9.44. The first-order chi connectivity index (χ1) is 7.83. The van der Waals surface area contributed by atoms with Crippen LogP contribution in [-0.4, -0.2) is 31.1 Å². The molecule has 3 heteroatoms. The second-order valence-electron chi connectivity index (χ2n) is 4.51. The maximum absolute atomic E-state index is 5.83. The lowest BCUT2D eigenvalue weighted by Gasteiger charge is -2.09. The molecule has 0 spiro atoms. The van der Waals surface area contributed by atoms with Crippen LogP contribution < -0.4 is 5.32 Å². The lowest BCUT2D eigenvalue weighted by molar-refractivity contribution is 0.220. The van der Waals surface area contributed by atoms with E-state index in [1.54, 1.807) is 0 Å². The number of hydrogen-bond acceptors (Lipinski definition) is 3. The Morgan fingerprint density at radius 2 is 2.25 bits per heavy atom. The summed E-state index contributed by atoms with van der Waals surface area (Å²) in [7, 11) is 0. The molecule has 1 aromatic carbocycles. The highest BCUT2D eigenvalue weighted by Crippen LogP contribution is 2.19. The molecule has 0 aliphatic carbocycles. The molecule has 3 rings (SSSR count). The molecule has 2 aliphatic heterocycles. The average molecular weight is 216 g/mol. The molecule has 2 aliphatic rings. The molecule has 0 saturated carbocycles. The smallest absolute Gasteiger partial charge is 0.188 e. The fourth-order valence-electron chi connectivity index (χ4n) is 2.34. The Bertz CT molecular complexity index is 428. The van der Waals surface area contributed by atoms with E-state index < -0.39 is 0 Å². The van der Waals surface area contributed by atoms with Crippen molar-refractivity contribution in [3.63, 3.8) is 0 Å². The van der Waals surface area contributed by atoms with E-state index in [9.17, 15) is 0 Å². The van der Waals surface area contributed by atoms with Gasteiger partial charge in [-0.3, -0.25) is 0 Å². The van der Waals surface area contributed by atoms with Gasteiger partial charge < -0.3 is 10.1 Å². The van der Waals surface area contributed by atoms with E-state index in [1.165, 1.54) is 11.1 Å². The van der Waals surface area contributed by atoms with Crippen LogP contribution in [0, 0.1) is 6.92 Å². The van der Waals surface area contributed by atoms with Gasteiger partial charge in [-0.15, -0.1) is 0 Å². The molecule has 0 radical (unpaired) electrons. The largest absolute Gasteiger partial charge is 0.474 e. The van der Waals surface area contributed by atoms with Gasteiger partial charge in [-0.1, -0.05) is 24.3 Å². The second-order valence-corrected chi connectivity index (χ2v) is 4.51. The topological polar surface area (TPSA) is 33.6 Å². The number of aryl methyl sites for hydroxylation is 1. The van der Waals surface area contributed by atoms with Crippen molar-refractivity contribution in [3.05, 3.63) is 35.4 Å². The van der Waals surface area contributed by atoms with Crippen molar-refractivity contribution in [2.45, 2.75) is 25.5 Å². The number of fused-ring (bicyclic) bond motifs is 1. The maximum atomic E-state index is 5.83. The maximum Gasteiger partial charge on any atom is 0.188 e. The molecule has 84 valence electrons. The molecule has 1 fully saturated rings. The van der Waals surface area contributed by atoms with Crippen LogP contribution in [0.5, 0.6) is 0 Å². The van der Waals surface area contributed by atoms with Gasteiger partial charge in [0.15, 0.2) is 5.90 Å². The molecule has 1 saturated heterocycles. The lowest BCUT2D eigenvalue weighted by atomic mass is 10.1. The number of ether oxygens (including phenoxy) is 1. The first kappa shape index (κ1) is 9.85. The highest BCUT2D eigenvalue weighted by molar-refractivity contribution is 5.81. The SMILES string of the molecule is Cc1ccccc1CC1=NC2CNCC2O1. The summed E-state index contributed by atoms with van der Waals surface area (Å²) < 4.78 is 5.83. The summed E-state index contributed by atoms with van der Waals surface area (Å²) in [5.74, 6) is 0.908. The van der Waals surface area contributed by atoms with Crippen molar-refractivity contribution < 1.29 is 4.74 Å². The van der Waals surface area contributed by atoms with Crippen LogP contribution in [0.1, 0.15) is 11.1 Å². The van der Waals surface area contributed by atoms with E-state index in [1.807, 2.05) is 0 Å². The molecule has 1 N–H and O–H groups in total. The fraction of sp³-hybridized carbons (Fsp3) is 0.462. The third-order valence-electron chi connectivity index (χ3n) is 3.33. The van der Waals surface area contributed by atoms with Gasteiger partial charge in [0.05, 0.1) is 0 Å². The van der Waals surface area contributed by atoms with Gasteiger partial charge in [0.2, 0.25) is 0 Å². The molecular formula is C13H16N2O. The summed E-state index contributed by atoms with van der Waals surface area (Å²) in [5.41, 5.74) is 2.62. The number of hydrogen-bond donors (Lipinski definition) is 1. The molecule has 2 atom stereocenters. The number of nitrogens with one attached hydrogen (secondary N) is 1. The van der Waals surface area contributed by atoms with E-state index >= 15 is 0 Å². The Labute approximate surface area is 95.5 Å². The molecule has 2 heterocycles. The van der Waals surface area contributed by atoms with E-state index in [-0.39, 0.29) is 6.10 Å². The minimum atomic E-state index is 0.277. The highest BCUT2D eigenvalue weighted by atomic mass is 16.5. The Hall–Kier alpha value is -1.35. The third-order valence-corrected chi connectivity index (χ3v) is 3.33. The molecule has 16 heavy (non-hydrogen) atoms. The van der Waals surface area contributed by atoms with Crippen LogP contribution in [0.25, 0.3) is 0 Å². The van der Waals surface area contributed by atoms with E-state index in [4.69, 9.17) is 4.74 Å². The van der Waals surface area contributed by atoms with Crippen molar-refractivity contribution in [1.82, 2.24) is 5.32 Å². The van der Waals surface area contributed by atoms with Crippen LogP contribution in [-0.2, 0) is 11.2 Å². The van der Waals surface area contributed by atoms with Gasteiger partial charge >= 0.3 is 0 Å². The summed E-state index contributed by atoms with van der Waals surface area (Å²) in [4.78, 5) is 4.62. The first-order valence-corrected chi connectivity index (χ1v) is 5.81. The Morgan fingerprint density at radius 3 is 3.06 bits per heavy atom. The van der Waals surface area contributed by atoms with Crippen molar-refractivity contribution >= 4 is 5.90 Å². The lowest BCUT2D eigenvalue weighted by Crippen LogP contribution is -2.20. The molecule has 3 nitrogen and oxygen atoms in total. The van der Waals surface area contributed by atoms with Gasteiger partial charge in [0, 0.05) is 19.5 Å². The van der Waals surface area contributed by atoms with Gasteiger partial charge in [-0.05, 0) is 18.1 Å². The number of nitrogens with zero attached hydrogens (tertiary/aromatic N) is 1. The third kappa shape index (κ3) is 1.71. The summed E-state index contributed by atoms with van der Waals surface area (Å²) in [5, 5.41) is 3.29. The number of aliphatic imine (C=N–C) groups is 1. The van der Waals surface area contributed by atoms with Crippen LogP contribution in [0.3, 0.4) is 0 Å². The minimum absolute atomic E-state index is 0.277. The molecular weight excluding hydrogens is 200 g/mol. The zero-order valence-corrected chi connectivity index (χ0v) is 9.44. The molecule has 1 aromatic rings. The van der Waals surface area contributed by atoms with Crippen LogP contribution in [0.4, 0.5) is 0 Å². The molecule has 2 unspecified atom stereocenters. The van der Waals surface area contributed by atoms with Crippen molar-refractivity contribution in [2.24, 2.45) is 4.99 Å². The summed E-state index contributed by atoms with van der Waals surface area (Å²) >= 11 is 0. The monoisotopic (exact) mass is 216 g/mol. The summed E-state index contributed by atoms with van der Waals surface area (Å²) in [6, 6.07) is 8.76. The molecule has 0 aromatic heterocycles. The Morgan fingerprint density at radius 1 is 1.38 bits per heavy atom. The fourth-order valence-corrected chi connectivity index (χ4v) is 2.34. The highest BCUT2D eigenvalue weighted by Gasteiger charge is 2.34. The minimum Gasteiger partial charge on any atom is -0.474 e. The van der Waals surface area contributed by atoms with Crippen molar-refractivity contribution in [3.8, 4) is 0 Å². The standard InChI is InChI=1S/C13H16N2O/c1-9-4-2-3-5-10(9)6-13-15-11-7-14-8-12(11)16-13/h2-5,11-12,14H,6-8H2,1H3. The van der Waals surface area contributed by atoms with Gasteiger partial charge in [-0.25, -0.2) is 4.99 Å². The van der Waals surface area contributed by atoms with Crippen molar-refractivity contribution in [2.75, 3.05) is 13.1 Å². The molecule has 0 bridgehead atoms. The summed E-state index contributed by atoms with van der Waals surface area (Å²) in [6.07, 6.45) is 1.11. The predicted octanol–water partition coefficient (Wildman–Crippen LogP) is 1.31. The first-order valence-electron chi connectivity index (χ1n) is 5.81.